The summed E-state index contributed by atoms with van der Waals surface area (Å²) in [5, 5.41) is 0. The van der Waals surface area contributed by atoms with E-state index in [1.54, 1.807) is 12.1 Å². The lowest BCUT2D eigenvalue weighted by Gasteiger charge is -2.22. The van der Waals surface area contributed by atoms with E-state index in [1.807, 2.05) is 6.07 Å². The van der Waals surface area contributed by atoms with Crippen molar-refractivity contribution < 1.29 is 4.39 Å². The normalized spacial score (nSPS) is 27.1. The highest BCUT2D eigenvalue weighted by atomic mass is 19.1. The zero-order valence-corrected chi connectivity index (χ0v) is 8.99. The van der Waals surface area contributed by atoms with Crippen LogP contribution in [0.4, 0.5) is 4.39 Å². The lowest BCUT2D eigenvalue weighted by atomic mass is 10.1. The summed E-state index contributed by atoms with van der Waals surface area (Å²) in [6, 6.07) is 7.44. The summed E-state index contributed by atoms with van der Waals surface area (Å²) in [5.41, 5.74) is 6.96. The van der Waals surface area contributed by atoms with Gasteiger partial charge >= 0.3 is 0 Å². The van der Waals surface area contributed by atoms with Crippen molar-refractivity contribution in [1.29, 1.82) is 0 Å². The first-order valence-electron chi connectivity index (χ1n) is 5.41. The fourth-order valence-corrected chi connectivity index (χ4v) is 2.12. The van der Waals surface area contributed by atoms with Crippen molar-refractivity contribution in [3.63, 3.8) is 0 Å². The Morgan fingerprint density at radius 3 is 2.93 bits per heavy atom. The monoisotopic (exact) mass is 208 g/mol. The predicted octanol–water partition coefficient (Wildman–Crippen LogP) is 1.75. The minimum atomic E-state index is -0.163. The molecule has 82 valence electrons. The fraction of sp³-hybridized carbons (Fsp3) is 0.500. The number of benzene rings is 1. The average molecular weight is 208 g/mol. The van der Waals surface area contributed by atoms with Crippen molar-refractivity contribution in [3.05, 3.63) is 35.6 Å². The molecule has 0 aromatic heterocycles. The Morgan fingerprint density at radius 2 is 2.33 bits per heavy atom. The minimum Gasteiger partial charge on any atom is -0.326 e. The van der Waals surface area contributed by atoms with Crippen LogP contribution in [0.2, 0.25) is 0 Å². The minimum absolute atomic E-state index is 0.163. The van der Waals surface area contributed by atoms with Crippen LogP contribution in [0.5, 0.6) is 0 Å². The van der Waals surface area contributed by atoms with Gasteiger partial charge in [-0.2, -0.15) is 0 Å². The molecule has 0 saturated carbocycles. The van der Waals surface area contributed by atoms with Crippen molar-refractivity contribution in [2.45, 2.75) is 32.0 Å². The molecule has 0 aliphatic carbocycles. The predicted molar refractivity (Wildman–Crippen MR) is 58.9 cm³/mol. The quantitative estimate of drug-likeness (QED) is 0.802. The Morgan fingerprint density at radius 1 is 1.53 bits per heavy atom. The first-order chi connectivity index (χ1) is 7.16. The maximum absolute atomic E-state index is 13.0. The molecule has 0 amide bonds. The molecule has 2 atom stereocenters. The molecule has 2 N–H and O–H groups in total. The van der Waals surface area contributed by atoms with Crippen molar-refractivity contribution in [2.75, 3.05) is 6.54 Å². The van der Waals surface area contributed by atoms with E-state index in [0.29, 0.717) is 6.04 Å². The van der Waals surface area contributed by atoms with Crippen LogP contribution >= 0.6 is 0 Å². The van der Waals surface area contributed by atoms with Crippen LogP contribution in [0.25, 0.3) is 0 Å². The molecular formula is C12H17FN2. The van der Waals surface area contributed by atoms with Gasteiger partial charge in [0.05, 0.1) is 0 Å². The van der Waals surface area contributed by atoms with Gasteiger partial charge in [-0.05, 0) is 31.0 Å². The highest BCUT2D eigenvalue weighted by molar-refractivity contribution is 5.16. The van der Waals surface area contributed by atoms with Gasteiger partial charge < -0.3 is 5.73 Å². The SMILES string of the molecule is CC1C(N)CCN1Cc1cccc(F)c1. The largest absolute Gasteiger partial charge is 0.326 e. The second kappa shape index (κ2) is 4.29. The number of rotatable bonds is 2. The molecule has 2 nitrogen and oxygen atoms in total. The molecule has 2 rings (SSSR count). The molecule has 1 aliphatic rings. The second-order valence-corrected chi connectivity index (χ2v) is 4.29. The molecule has 1 aromatic carbocycles. The second-order valence-electron chi connectivity index (χ2n) is 4.29. The molecule has 1 fully saturated rings. The number of hydrogen-bond acceptors (Lipinski definition) is 2. The summed E-state index contributed by atoms with van der Waals surface area (Å²) in [6.07, 6.45) is 1.04. The number of nitrogens with zero attached hydrogens (tertiary/aromatic N) is 1. The van der Waals surface area contributed by atoms with Gasteiger partial charge in [-0.1, -0.05) is 12.1 Å². The summed E-state index contributed by atoms with van der Waals surface area (Å²) in [7, 11) is 0. The van der Waals surface area contributed by atoms with E-state index in [4.69, 9.17) is 5.73 Å². The fourth-order valence-electron chi connectivity index (χ4n) is 2.12. The van der Waals surface area contributed by atoms with E-state index < -0.39 is 0 Å². The van der Waals surface area contributed by atoms with Gasteiger partial charge in [0.1, 0.15) is 5.82 Å². The molecular weight excluding hydrogens is 191 g/mol. The first kappa shape index (κ1) is 10.6. The number of likely N-dealkylation sites (tertiary alicyclic amines) is 1. The third-order valence-electron chi connectivity index (χ3n) is 3.22. The van der Waals surface area contributed by atoms with E-state index in [2.05, 4.69) is 11.8 Å². The Hall–Kier alpha value is -0.930. The standard InChI is InChI=1S/C12H17FN2/c1-9-12(14)5-6-15(9)8-10-3-2-4-11(13)7-10/h2-4,7,9,12H,5-6,8,14H2,1H3. The molecule has 0 bridgehead atoms. The lowest BCUT2D eigenvalue weighted by molar-refractivity contribution is 0.251. The van der Waals surface area contributed by atoms with Crippen LogP contribution in [0.3, 0.4) is 0 Å². The molecule has 15 heavy (non-hydrogen) atoms. The maximum atomic E-state index is 13.0. The molecule has 1 aliphatic heterocycles. The molecule has 0 radical (unpaired) electrons. The van der Waals surface area contributed by atoms with Gasteiger partial charge in [-0.15, -0.1) is 0 Å². The van der Waals surface area contributed by atoms with Crippen molar-refractivity contribution in [3.8, 4) is 0 Å². The Balaban J connectivity index is 2.03. The summed E-state index contributed by atoms with van der Waals surface area (Å²) < 4.78 is 13.0. The zero-order chi connectivity index (χ0) is 10.8. The average Bonchev–Trinajstić information content (AvgIpc) is 2.50. The van der Waals surface area contributed by atoms with Crippen LogP contribution < -0.4 is 5.73 Å². The molecule has 2 unspecified atom stereocenters. The molecule has 1 saturated heterocycles. The Bertz CT molecular complexity index is 340. The third kappa shape index (κ3) is 2.36. The van der Waals surface area contributed by atoms with E-state index in [-0.39, 0.29) is 11.9 Å². The van der Waals surface area contributed by atoms with Crippen molar-refractivity contribution >= 4 is 0 Å². The lowest BCUT2D eigenvalue weighted by Crippen LogP contribution is -2.36. The summed E-state index contributed by atoms with van der Waals surface area (Å²) in [4.78, 5) is 2.30. The molecule has 1 heterocycles. The molecule has 0 spiro atoms. The topological polar surface area (TPSA) is 29.3 Å². The Kier molecular flexibility index (Phi) is 3.03. The van der Waals surface area contributed by atoms with E-state index in [0.717, 1.165) is 25.1 Å². The number of halogens is 1. The van der Waals surface area contributed by atoms with Crippen LogP contribution in [0.15, 0.2) is 24.3 Å². The summed E-state index contributed by atoms with van der Waals surface area (Å²) >= 11 is 0. The highest BCUT2D eigenvalue weighted by Crippen LogP contribution is 2.18. The number of hydrogen-bond donors (Lipinski definition) is 1. The van der Waals surface area contributed by atoms with E-state index in [1.165, 1.54) is 6.07 Å². The van der Waals surface area contributed by atoms with Gasteiger partial charge in [0.15, 0.2) is 0 Å². The zero-order valence-electron chi connectivity index (χ0n) is 8.99. The van der Waals surface area contributed by atoms with E-state index in [9.17, 15) is 4.39 Å². The van der Waals surface area contributed by atoms with E-state index >= 15 is 0 Å². The van der Waals surface area contributed by atoms with Crippen LogP contribution in [0.1, 0.15) is 18.9 Å². The highest BCUT2D eigenvalue weighted by Gasteiger charge is 2.27. The van der Waals surface area contributed by atoms with Gasteiger partial charge in [-0.3, -0.25) is 4.90 Å². The third-order valence-corrected chi connectivity index (χ3v) is 3.22. The van der Waals surface area contributed by atoms with Gasteiger partial charge in [0.25, 0.3) is 0 Å². The summed E-state index contributed by atoms with van der Waals surface area (Å²) in [5.74, 6) is -0.163. The van der Waals surface area contributed by atoms with Crippen LogP contribution in [-0.4, -0.2) is 23.5 Å². The van der Waals surface area contributed by atoms with Gasteiger partial charge in [0.2, 0.25) is 0 Å². The maximum Gasteiger partial charge on any atom is 0.123 e. The van der Waals surface area contributed by atoms with Crippen LogP contribution in [-0.2, 0) is 6.54 Å². The smallest absolute Gasteiger partial charge is 0.123 e. The van der Waals surface area contributed by atoms with Gasteiger partial charge in [-0.25, -0.2) is 4.39 Å². The summed E-state index contributed by atoms with van der Waals surface area (Å²) in [6.45, 7) is 3.95. The first-order valence-corrected chi connectivity index (χ1v) is 5.41. The molecule has 1 aromatic rings. The van der Waals surface area contributed by atoms with Crippen molar-refractivity contribution in [1.82, 2.24) is 4.90 Å². The Labute approximate surface area is 89.9 Å². The van der Waals surface area contributed by atoms with Crippen molar-refractivity contribution in [2.24, 2.45) is 5.73 Å². The van der Waals surface area contributed by atoms with Gasteiger partial charge in [0, 0.05) is 25.2 Å². The number of nitrogens with two attached hydrogens (primary N) is 1. The molecule has 3 heteroatoms. The van der Waals surface area contributed by atoms with Crippen LogP contribution in [0, 0.1) is 5.82 Å².